The third-order valence-corrected chi connectivity index (χ3v) is 3.97. The molecule has 0 spiro atoms. The molecule has 1 saturated heterocycles. The van der Waals surface area contributed by atoms with E-state index < -0.39 is 0 Å². The van der Waals surface area contributed by atoms with Crippen molar-refractivity contribution in [2.45, 2.75) is 52.3 Å². The minimum atomic E-state index is -0.382. The van der Waals surface area contributed by atoms with Gasteiger partial charge in [-0.15, -0.1) is 0 Å². The van der Waals surface area contributed by atoms with E-state index in [1.54, 1.807) is 6.92 Å². The van der Waals surface area contributed by atoms with E-state index in [1.807, 2.05) is 6.92 Å². The number of aliphatic hydroxyl groups excluding tert-OH is 1. The molecular formula is C14H20N4O3. The van der Waals surface area contributed by atoms with Crippen LogP contribution in [0.25, 0.3) is 0 Å². The second-order valence-electron chi connectivity index (χ2n) is 5.53. The summed E-state index contributed by atoms with van der Waals surface area (Å²) in [6.07, 6.45) is 1.05. The molecule has 0 aliphatic carbocycles. The van der Waals surface area contributed by atoms with Gasteiger partial charge < -0.3 is 14.2 Å². The zero-order valence-electron chi connectivity index (χ0n) is 12.5. The standard InChI is InChI=1S/C14H20N4O3/c1-4-12-11(8(2)20-17-12)7-18-6-10(19)5-13(18)14-15-9(3)16-21-14/h10,13,19H,4-7H2,1-3H3/t10-,13+/m0/s1. The molecule has 0 radical (unpaired) electrons. The maximum absolute atomic E-state index is 9.99. The lowest BCUT2D eigenvalue weighted by molar-refractivity contribution is 0.169. The van der Waals surface area contributed by atoms with Gasteiger partial charge in [-0.25, -0.2) is 0 Å². The van der Waals surface area contributed by atoms with Gasteiger partial charge in [0, 0.05) is 18.7 Å². The number of aromatic nitrogens is 3. The predicted molar refractivity (Wildman–Crippen MR) is 73.4 cm³/mol. The molecule has 1 aliphatic heterocycles. The van der Waals surface area contributed by atoms with Crippen molar-refractivity contribution in [2.24, 2.45) is 0 Å². The average molecular weight is 292 g/mol. The van der Waals surface area contributed by atoms with Crippen molar-refractivity contribution in [3.05, 3.63) is 28.7 Å². The molecular weight excluding hydrogens is 272 g/mol. The molecule has 2 aromatic heterocycles. The highest BCUT2D eigenvalue weighted by Crippen LogP contribution is 2.33. The van der Waals surface area contributed by atoms with Gasteiger partial charge in [-0.3, -0.25) is 4.90 Å². The Balaban J connectivity index is 1.84. The summed E-state index contributed by atoms with van der Waals surface area (Å²) in [6.45, 7) is 7.02. The van der Waals surface area contributed by atoms with Crippen molar-refractivity contribution in [3.8, 4) is 0 Å². The molecule has 0 saturated carbocycles. The highest BCUT2D eigenvalue weighted by atomic mass is 16.5. The second-order valence-corrected chi connectivity index (χ2v) is 5.53. The summed E-state index contributed by atoms with van der Waals surface area (Å²) in [5, 5.41) is 17.9. The first-order chi connectivity index (χ1) is 10.1. The van der Waals surface area contributed by atoms with E-state index in [0.29, 0.717) is 31.2 Å². The van der Waals surface area contributed by atoms with Gasteiger partial charge in [0.15, 0.2) is 5.82 Å². The van der Waals surface area contributed by atoms with Crippen LogP contribution in [0.5, 0.6) is 0 Å². The van der Waals surface area contributed by atoms with E-state index in [9.17, 15) is 5.11 Å². The number of likely N-dealkylation sites (tertiary alicyclic amines) is 1. The van der Waals surface area contributed by atoms with Crippen molar-refractivity contribution in [2.75, 3.05) is 6.54 Å². The van der Waals surface area contributed by atoms with Crippen LogP contribution in [0.3, 0.4) is 0 Å². The van der Waals surface area contributed by atoms with Crippen LogP contribution < -0.4 is 0 Å². The van der Waals surface area contributed by atoms with Crippen LogP contribution in [0.1, 0.15) is 48.1 Å². The first kappa shape index (κ1) is 14.2. The molecule has 3 rings (SSSR count). The van der Waals surface area contributed by atoms with Crippen molar-refractivity contribution < 1.29 is 14.2 Å². The normalized spacial score (nSPS) is 23.0. The third kappa shape index (κ3) is 2.71. The van der Waals surface area contributed by atoms with Gasteiger partial charge in [-0.05, 0) is 26.7 Å². The molecule has 7 heteroatoms. The molecule has 1 fully saturated rings. The Hall–Kier alpha value is -1.73. The first-order valence-electron chi connectivity index (χ1n) is 7.24. The van der Waals surface area contributed by atoms with Crippen LogP contribution in [0.4, 0.5) is 0 Å². The number of aryl methyl sites for hydroxylation is 3. The maximum Gasteiger partial charge on any atom is 0.244 e. The Morgan fingerprint density at radius 1 is 1.29 bits per heavy atom. The van der Waals surface area contributed by atoms with Gasteiger partial charge in [0.2, 0.25) is 5.89 Å². The van der Waals surface area contributed by atoms with Crippen molar-refractivity contribution in [3.63, 3.8) is 0 Å². The Morgan fingerprint density at radius 3 is 2.76 bits per heavy atom. The number of aliphatic hydroxyl groups is 1. The van der Waals surface area contributed by atoms with Gasteiger partial charge in [0.25, 0.3) is 0 Å². The molecule has 1 aliphatic rings. The van der Waals surface area contributed by atoms with Crippen LogP contribution >= 0.6 is 0 Å². The van der Waals surface area contributed by atoms with Crippen LogP contribution in [-0.2, 0) is 13.0 Å². The highest BCUT2D eigenvalue weighted by Gasteiger charge is 2.36. The first-order valence-corrected chi connectivity index (χ1v) is 7.24. The third-order valence-electron chi connectivity index (χ3n) is 3.97. The summed E-state index contributed by atoms with van der Waals surface area (Å²) in [5.74, 6) is 2.01. The van der Waals surface area contributed by atoms with Crippen LogP contribution in [0, 0.1) is 13.8 Å². The highest BCUT2D eigenvalue weighted by molar-refractivity contribution is 5.22. The van der Waals surface area contributed by atoms with Gasteiger partial charge in [-0.1, -0.05) is 17.2 Å². The van der Waals surface area contributed by atoms with Crippen molar-refractivity contribution in [1.29, 1.82) is 0 Å². The van der Waals surface area contributed by atoms with E-state index in [0.717, 1.165) is 23.4 Å². The summed E-state index contributed by atoms with van der Waals surface area (Å²) >= 11 is 0. The Kier molecular flexibility index (Phi) is 3.77. The molecule has 2 aromatic rings. The summed E-state index contributed by atoms with van der Waals surface area (Å²) in [5.41, 5.74) is 2.06. The lowest BCUT2D eigenvalue weighted by atomic mass is 10.1. The smallest absolute Gasteiger partial charge is 0.244 e. The van der Waals surface area contributed by atoms with Gasteiger partial charge >= 0.3 is 0 Å². The van der Waals surface area contributed by atoms with E-state index in [-0.39, 0.29) is 12.1 Å². The topological polar surface area (TPSA) is 88.4 Å². The summed E-state index contributed by atoms with van der Waals surface area (Å²) < 4.78 is 10.6. The van der Waals surface area contributed by atoms with Gasteiger partial charge in [0.05, 0.1) is 17.8 Å². The summed E-state index contributed by atoms with van der Waals surface area (Å²) in [4.78, 5) is 6.45. The van der Waals surface area contributed by atoms with Crippen LogP contribution in [0.2, 0.25) is 0 Å². The second kappa shape index (κ2) is 5.57. The number of nitrogens with zero attached hydrogens (tertiary/aromatic N) is 4. The maximum atomic E-state index is 9.99. The summed E-state index contributed by atoms with van der Waals surface area (Å²) in [6, 6.07) is -0.0554. The van der Waals surface area contributed by atoms with Crippen molar-refractivity contribution in [1.82, 2.24) is 20.2 Å². The Morgan fingerprint density at radius 2 is 2.10 bits per heavy atom. The van der Waals surface area contributed by atoms with Crippen LogP contribution in [-0.4, -0.2) is 38.0 Å². The Labute approximate surface area is 122 Å². The van der Waals surface area contributed by atoms with E-state index in [1.165, 1.54) is 0 Å². The monoisotopic (exact) mass is 292 g/mol. The zero-order chi connectivity index (χ0) is 15.0. The van der Waals surface area contributed by atoms with Gasteiger partial charge in [-0.2, -0.15) is 4.98 Å². The zero-order valence-corrected chi connectivity index (χ0v) is 12.5. The number of β-amino-alcohol motifs (C(OH)–C–C–N with tert-alkyl or cyclic N) is 1. The molecule has 21 heavy (non-hydrogen) atoms. The molecule has 114 valence electrons. The largest absolute Gasteiger partial charge is 0.392 e. The lowest BCUT2D eigenvalue weighted by Gasteiger charge is -2.21. The average Bonchev–Trinajstić information content (AvgIpc) is 3.12. The molecule has 3 heterocycles. The van der Waals surface area contributed by atoms with E-state index in [4.69, 9.17) is 9.05 Å². The molecule has 7 nitrogen and oxygen atoms in total. The number of rotatable bonds is 4. The van der Waals surface area contributed by atoms with Crippen molar-refractivity contribution >= 4 is 0 Å². The van der Waals surface area contributed by atoms with Crippen LogP contribution in [0.15, 0.2) is 9.05 Å². The molecule has 0 unspecified atom stereocenters. The molecule has 1 N–H and O–H groups in total. The predicted octanol–water partition coefficient (Wildman–Crippen LogP) is 1.54. The molecule has 0 aromatic carbocycles. The summed E-state index contributed by atoms with van der Waals surface area (Å²) in [7, 11) is 0. The minimum Gasteiger partial charge on any atom is -0.392 e. The Bertz CT molecular complexity index is 622. The molecule has 0 bridgehead atoms. The van der Waals surface area contributed by atoms with E-state index in [2.05, 4.69) is 27.1 Å². The fraction of sp³-hybridized carbons (Fsp3) is 0.643. The van der Waals surface area contributed by atoms with E-state index >= 15 is 0 Å². The lowest BCUT2D eigenvalue weighted by Crippen LogP contribution is -2.25. The molecule has 0 amide bonds. The minimum absolute atomic E-state index is 0.0554. The fourth-order valence-corrected chi connectivity index (χ4v) is 2.88. The SMILES string of the molecule is CCc1noc(C)c1CN1C[C@@H](O)C[C@@H]1c1nc(C)no1. The van der Waals surface area contributed by atoms with Gasteiger partial charge in [0.1, 0.15) is 5.76 Å². The quantitative estimate of drug-likeness (QED) is 0.914. The number of hydrogen-bond acceptors (Lipinski definition) is 7. The number of hydrogen-bond donors (Lipinski definition) is 1. The molecule has 2 atom stereocenters. The fourth-order valence-electron chi connectivity index (χ4n) is 2.88.